The molecule has 0 saturated heterocycles. The number of rotatable bonds is 5. The van der Waals surface area contributed by atoms with Crippen LogP contribution in [0.4, 0.5) is 0 Å². The van der Waals surface area contributed by atoms with Gasteiger partial charge in [-0.3, -0.25) is 14.4 Å². The van der Waals surface area contributed by atoms with Crippen LogP contribution < -0.4 is 4.74 Å². The van der Waals surface area contributed by atoms with Gasteiger partial charge in [0, 0.05) is 18.4 Å². The van der Waals surface area contributed by atoms with Gasteiger partial charge in [-0.2, -0.15) is 0 Å². The van der Waals surface area contributed by atoms with Crippen molar-refractivity contribution >= 4 is 49.2 Å². The molecular weight excluding hydrogens is 464 g/mol. The molecule has 0 radical (unpaired) electrons. The number of hydrogen-bond donors (Lipinski definition) is 0. The SMILES string of the molecule is O=C1CCCC(=O)C1C(=O)c1ccc(Br)c(OCC2CCCCC2)c1Br. The van der Waals surface area contributed by atoms with Crippen molar-refractivity contribution in [1.29, 1.82) is 0 Å². The van der Waals surface area contributed by atoms with Crippen LogP contribution in [0.1, 0.15) is 61.7 Å². The van der Waals surface area contributed by atoms with Crippen molar-refractivity contribution in [1.82, 2.24) is 0 Å². The Morgan fingerprint density at radius 3 is 2.31 bits per heavy atom. The molecule has 2 fully saturated rings. The molecule has 2 aliphatic carbocycles. The minimum atomic E-state index is -1.16. The summed E-state index contributed by atoms with van der Waals surface area (Å²) in [6.07, 6.45) is 7.22. The monoisotopic (exact) mass is 484 g/mol. The zero-order valence-corrected chi connectivity index (χ0v) is 17.7. The fourth-order valence-electron chi connectivity index (χ4n) is 3.76. The second-order valence-corrected chi connectivity index (χ2v) is 8.78. The highest BCUT2D eigenvalue weighted by atomic mass is 79.9. The van der Waals surface area contributed by atoms with Crippen LogP contribution in [-0.4, -0.2) is 24.0 Å². The van der Waals surface area contributed by atoms with Gasteiger partial charge in [0.15, 0.2) is 17.3 Å². The number of halogens is 2. The van der Waals surface area contributed by atoms with Crippen LogP contribution in [0.15, 0.2) is 21.1 Å². The Bertz CT molecular complexity index is 707. The van der Waals surface area contributed by atoms with E-state index in [1.165, 1.54) is 32.1 Å². The van der Waals surface area contributed by atoms with Gasteiger partial charge in [0.2, 0.25) is 0 Å². The smallest absolute Gasteiger partial charge is 0.182 e. The van der Waals surface area contributed by atoms with Crippen LogP contribution >= 0.6 is 31.9 Å². The first-order valence-electron chi connectivity index (χ1n) is 9.19. The van der Waals surface area contributed by atoms with E-state index >= 15 is 0 Å². The van der Waals surface area contributed by atoms with Gasteiger partial charge < -0.3 is 4.74 Å². The van der Waals surface area contributed by atoms with Crippen molar-refractivity contribution in [3.05, 3.63) is 26.6 Å². The van der Waals surface area contributed by atoms with E-state index in [4.69, 9.17) is 4.74 Å². The summed E-state index contributed by atoms with van der Waals surface area (Å²) >= 11 is 6.94. The number of hydrogen-bond acceptors (Lipinski definition) is 4. The summed E-state index contributed by atoms with van der Waals surface area (Å²) in [7, 11) is 0. The van der Waals surface area contributed by atoms with Gasteiger partial charge in [-0.1, -0.05) is 19.3 Å². The van der Waals surface area contributed by atoms with Gasteiger partial charge >= 0.3 is 0 Å². The molecule has 0 aromatic heterocycles. The van der Waals surface area contributed by atoms with E-state index in [2.05, 4.69) is 31.9 Å². The Balaban J connectivity index is 1.80. The molecule has 0 unspecified atom stereocenters. The largest absolute Gasteiger partial charge is 0.491 e. The number of carbonyl (C=O) groups is 3. The summed E-state index contributed by atoms with van der Waals surface area (Å²) in [4.78, 5) is 37.1. The third-order valence-corrected chi connectivity index (χ3v) is 6.67. The van der Waals surface area contributed by atoms with E-state index in [1.807, 2.05) is 0 Å². The summed E-state index contributed by atoms with van der Waals surface area (Å²) < 4.78 is 7.28. The molecule has 3 rings (SSSR count). The second-order valence-electron chi connectivity index (χ2n) is 7.14. The molecule has 2 aliphatic rings. The molecule has 1 aromatic rings. The van der Waals surface area contributed by atoms with Gasteiger partial charge in [0.25, 0.3) is 0 Å². The summed E-state index contributed by atoms with van der Waals surface area (Å²) in [6, 6.07) is 3.38. The maximum atomic E-state index is 12.9. The predicted molar refractivity (Wildman–Crippen MR) is 106 cm³/mol. The van der Waals surface area contributed by atoms with E-state index in [1.54, 1.807) is 12.1 Å². The van der Waals surface area contributed by atoms with Crippen LogP contribution in [0.25, 0.3) is 0 Å². The third kappa shape index (κ3) is 4.28. The standard InChI is InChI=1S/C20H22Br2O4/c21-14-10-9-13(19(25)17-15(23)7-4-8-16(17)24)18(22)20(14)26-11-12-5-2-1-3-6-12/h9-10,12,17H,1-8,11H2. The summed E-state index contributed by atoms with van der Waals surface area (Å²) in [5.74, 6) is -1.04. The number of carbonyl (C=O) groups excluding carboxylic acids is 3. The Kier molecular flexibility index (Phi) is 6.67. The Morgan fingerprint density at radius 2 is 1.65 bits per heavy atom. The van der Waals surface area contributed by atoms with E-state index in [9.17, 15) is 14.4 Å². The normalized spacial score (nSPS) is 19.6. The summed E-state index contributed by atoms with van der Waals surface area (Å²) in [6.45, 7) is 0.607. The highest BCUT2D eigenvalue weighted by Gasteiger charge is 2.37. The van der Waals surface area contributed by atoms with Crippen molar-refractivity contribution in [3.63, 3.8) is 0 Å². The fourth-order valence-corrected chi connectivity index (χ4v) is 5.13. The molecule has 0 N–H and O–H groups in total. The molecule has 0 heterocycles. The van der Waals surface area contributed by atoms with E-state index in [0.29, 0.717) is 47.6 Å². The molecule has 0 atom stereocenters. The van der Waals surface area contributed by atoms with Crippen LogP contribution in [0, 0.1) is 11.8 Å². The van der Waals surface area contributed by atoms with Crippen LogP contribution in [0.3, 0.4) is 0 Å². The van der Waals surface area contributed by atoms with Gasteiger partial charge in [0.05, 0.1) is 15.6 Å². The van der Waals surface area contributed by atoms with E-state index in [0.717, 1.165) is 4.47 Å². The quantitative estimate of drug-likeness (QED) is 0.419. The number of Topliss-reactive ketones (excluding diaryl/α,β-unsaturated/α-hetero) is 3. The van der Waals surface area contributed by atoms with Gasteiger partial charge in [0.1, 0.15) is 11.7 Å². The number of ether oxygens (including phenoxy) is 1. The molecule has 1 aromatic carbocycles. The Hall–Kier alpha value is -1.01. The first kappa shape index (κ1) is 19.7. The molecule has 0 aliphatic heterocycles. The minimum Gasteiger partial charge on any atom is -0.491 e. The van der Waals surface area contributed by atoms with Crippen molar-refractivity contribution in [2.45, 2.75) is 51.4 Å². The average Bonchev–Trinajstić information content (AvgIpc) is 2.62. The average molecular weight is 486 g/mol. The third-order valence-electron chi connectivity index (χ3n) is 5.26. The van der Waals surface area contributed by atoms with Crippen LogP contribution in [0.5, 0.6) is 5.75 Å². The molecule has 140 valence electrons. The lowest BCUT2D eigenvalue weighted by Crippen LogP contribution is -2.35. The zero-order valence-electron chi connectivity index (χ0n) is 14.6. The van der Waals surface area contributed by atoms with Crippen LogP contribution in [0.2, 0.25) is 0 Å². The highest BCUT2D eigenvalue weighted by molar-refractivity contribution is 9.11. The van der Waals surface area contributed by atoms with Crippen molar-refractivity contribution in [2.24, 2.45) is 11.8 Å². The Labute approximate surface area is 170 Å². The molecule has 2 saturated carbocycles. The van der Waals surface area contributed by atoms with Crippen molar-refractivity contribution < 1.29 is 19.1 Å². The maximum absolute atomic E-state index is 12.9. The maximum Gasteiger partial charge on any atom is 0.182 e. The first-order valence-corrected chi connectivity index (χ1v) is 10.8. The number of benzene rings is 1. The topological polar surface area (TPSA) is 60.4 Å². The highest BCUT2D eigenvalue weighted by Crippen LogP contribution is 2.38. The molecule has 4 nitrogen and oxygen atoms in total. The van der Waals surface area contributed by atoms with E-state index in [-0.39, 0.29) is 11.6 Å². The van der Waals surface area contributed by atoms with Gasteiger partial charge in [-0.25, -0.2) is 0 Å². The first-order chi connectivity index (χ1) is 12.5. The van der Waals surface area contributed by atoms with Crippen LogP contribution in [-0.2, 0) is 9.59 Å². The second kappa shape index (κ2) is 8.79. The Morgan fingerprint density at radius 1 is 1.00 bits per heavy atom. The molecular formula is C20H22Br2O4. The lowest BCUT2D eigenvalue weighted by Gasteiger charge is -2.23. The van der Waals surface area contributed by atoms with Gasteiger partial charge in [-0.05, 0) is 69.2 Å². The minimum absolute atomic E-state index is 0.272. The fraction of sp³-hybridized carbons (Fsp3) is 0.550. The zero-order chi connectivity index (χ0) is 18.7. The lowest BCUT2D eigenvalue weighted by molar-refractivity contribution is -0.133. The molecule has 0 bridgehead atoms. The summed E-state index contributed by atoms with van der Waals surface area (Å²) in [5.41, 5.74) is 0.334. The van der Waals surface area contributed by atoms with Crippen molar-refractivity contribution in [2.75, 3.05) is 6.61 Å². The lowest BCUT2D eigenvalue weighted by atomic mass is 9.81. The van der Waals surface area contributed by atoms with E-state index < -0.39 is 11.7 Å². The summed E-state index contributed by atoms with van der Waals surface area (Å²) in [5, 5.41) is 0. The van der Waals surface area contributed by atoms with Gasteiger partial charge in [-0.15, -0.1) is 0 Å². The molecule has 0 spiro atoms. The molecule has 0 amide bonds. The number of ketones is 3. The molecule has 26 heavy (non-hydrogen) atoms. The predicted octanol–water partition coefficient (Wildman–Crippen LogP) is 5.29. The molecule has 6 heteroatoms. The van der Waals surface area contributed by atoms with Crippen molar-refractivity contribution in [3.8, 4) is 5.75 Å².